The lowest BCUT2D eigenvalue weighted by Crippen LogP contribution is -2.51. The van der Waals surface area contributed by atoms with Crippen LogP contribution >= 0.6 is 0 Å². The van der Waals surface area contributed by atoms with E-state index >= 15 is 0 Å². The molecule has 5 nitrogen and oxygen atoms in total. The second-order valence-electron chi connectivity index (χ2n) is 4.20. The molecule has 0 radical (unpaired) electrons. The second-order valence-corrected chi connectivity index (χ2v) is 4.20. The van der Waals surface area contributed by atoms with E-state index in [1.165, 1.54) is 0 Å². The van der Waals surface area contributed by atoms with Crippen molar-refractivity contribution in [1.82, 2.24) is 10.2 Å². The summed E-state index contributed by atoms with van der Waals surface area (Å²) in [6.45, 7) is 4.53. The minimum atomic E-state index is 0.0804. The molecular formula is C11H23N3O2. The predicted octanol–water partition coefficient (Wildman–Crippen LogP) is -0.439. The first-order valence-electron chi connectivity index (χ1n) is 5.94. The van der Waals surface area contributed by atoms with E-state index in [2.05, 4.69) is 10.2 Å². The standard InChI is InChI=1S/C11H23N3O2/c1-3-13-11(15)8-14-5-4-10(16-2)6-9(14)7-12/h9-10H,3-8,12H2,1-2H3,(H,13,15). The SMILES string of the molecule is CCNC(=O)CN1CCC(OC)CC1CN. The fraction of sp³-hybridized carbons (Fsp3) is 0.909. The fourth-order valence-corrected chi connectivity index (χ4v) is 2.17. The highest BCUT2D eigenvalue weighted by Crippen LogP contribution is 2.18. The number of likely N-dealkylation sites (N-methyl/N-ethyl adjacent to an activating group) is 1. The van der Waals surface area contributed by atoms with Crippen LogP contribution in [0.4, 0.5) is 0 Å². The molecule has 1 rings (SSSR count). The Bertz CT molecular complexity index is 223. The number of nitrogens with two attached hydrogens (primary N) is 1. The molecule has 94 valence electrons. The van der Waals surface area contributed by atoms with Gasteiger partial charge in [-0.1, -0.05) is 0 Å². The maximum Gasteiger partial charge on any atom is 0.234 e. The summed E-state index contributed by atoms with van der Waals surface area (Å²) in [5, 5.41) is 2.81. The molecule has 0 aromatic rings. The molecule has 1 amide bonds. The van der Waals surface area contributed by atoms with E-state index in [4.69, 9.17) is 10.5 Å². The highest BCUT2D eigenvalue weighted by atomic mass is 16.5. The number of ether oxygens (including phenoxy) is 1. The van der Waals surface area contributed by atoms with Gasteiger partial charge in [-0.3, -0.25) is 9.69 Å². The van der Waals surface area contributed by atoms with Crippen molar-refractivity contribution in [2.75, 3.05) is 33.3 Å². The highest BCUT2D eigenvalue weighted by molar-refractivity contribution is 5.77. The topological polar surface area (TPSA) is 67.6 Å². The maximum absolute atomic E-state index is 11.5. The summed E-state index contributed by atoms with van der Waals surface area (Å²) in [5.41, 5.74) is 5.73. The first kappa shape index (κ1) is 13.4. The number of methoxy groups -OCH3 is 1. The molecule has 0 aliphatic carbocycles. The van der Waals surface area contributed by atoms with Crippen molar-refractivity contribution in [3.8, 4) is 0 Å². The first-order chi connectivity index (χ1) is 7.71. The third kappa shape index (κ3) is 3.73. The van der Waals surface area contributed by atoms with Gasteiger partial charge in [0.05, 0.1) is 12.6 Å². The number of hydrogen-bond donors (Lipinski definition) is 2. The van der Waals surface area contributed by atoms with Crippen LogP contribution in [-0.4, -0.2) is 56.2 Å². The molecule has 2 unspecified atom stereocenters. The minimum absolute atomic E-state index is 0.0804. The molecule has 1 fully saturated rings. The Morgan fingerprint density at radius 1 is 1.62 bits per heavy atom. The maximum atomic E-state index is 11.5. The van der Waals surface area contributed by atoms with Crippen LogP contribution in [0.25, 0.3) is 0 Å². The van der Waals surface area contributed by atoms with E-state index in [0.717, 1.165) is 19.4 Å². The Labute approximate surface area is 97.3 Å². The summed E-state index contributed by atoms with van der Waals surface area (Å²) in [5.74, 6) is 0.0804. The number of likely N-dealkylation sites (tertiary alicyclic amines) is 1. The Morgan fingerprint density at radius 3 is 2.94 bits per heavy atom. The van der Waals surface area contributed by atoms with Crippen molar-refractivity contribution in [3.05, 3.63) is 0 Å². The van der Waals surface area contributed by atoms with Gasteiger partial charge >= 0.3 is 0 Å². The number of nitrogens with one attached hydrogen (secondary N) is 1. The molecule has 1 aliphatic rings. The number of carbonyl (C=O) groups excluding carboxylic acids is 1. The molecule has 0 aromatic carbocycles. The molecular weight excluding hydrogens is 206 g/mol. The zero-order valence-electron chi connectivity index (χ0n) is 10.2. The lowest BCUT2D eigenvalue weighted by atomic mass is 9.99. The van der Waals surface area contributed by atoms with Gasteiger partial charge in [0, 0.05) is 32.8 Å². The molecule has 0 aromatic heterocycles. The van der Waals surface area contributed by atoms with Crippen LogP contribution in [0.15, 0.2) is 0 Å². The van der Waals surface area contributed by atoms with E-state index in [1.54, 1.807) is 7.11 Å². The quantitative estimate of drug-likeness (QED) is 0.671. The lowest BCUT2D eigenvalue weighted by Gasteiger charge is -2.37. The van der Waals surface area contributed by atoms with Crippen molar-refractivity contribution >= 4 is 5.91 Å². The summed E-state index contributed by atoms with van der Waals surface area (Å²) in [7, 11) is 1.73. The molecule has 2 atom stereocenters. The molecule has 1 heterocycles. The number of rotatable bonds is 5. The molecule has 3 N–H and O–H groups in total. The molecule has 5 heteroatoms. The van der Waals surface area contributed by atoms with Crippen molar-refractivity contribution in [3.63, 3.8) is 0 Å². The summed E-state index contributed by atoms with van der Waals surface area (Å²) in [6, 6.07) is 0.265. The van der Waals surface area contributed by atoms with E-state index in [-0.39, 0.29) is 11.9 Å². The van der Waals surface area contributed by atoms with Gasteiger partial charge in [0.25, 0.3) is 0 Å². The Morgan fingerprint density at radius 2 is 2.38 bits per heavy atom. The van der Waals surface area contributed by atoms with Gasteiger partial charge in [0.2, 0.25) is 5.91 Å². The summed E-state index contributed by atoms with van der Waals surface area (Å²) < 4.78 is 5.34. The van der Waals surface area contributed by atoms with E-state index < -0.39 is 0 Å². The van der Waals surface area contributed by atoms with Crippen LogP contribution in [-0.2, 0) is 9.53 Å². The first-order valence-corrected chi connectivity index (χ1v) is 5.94. The lowest BCUT2D eigenvalue weighted by molar-refractivity contribution is -0.123. The van der Waals surface area contributed by atoms with Gasteiger partial charge < -0.3 is 15.8 Å². The monoisotopic (exact) mass is 229 g/mol. The van der Waals surface area contributed by atoms with Crippen LogP contribution in [0.1, 0.15) is 19.8 Å². The van der Waals surface area contributed by atoms with Crippen molar-refractivity contribution in [1.29, 1.82) is 0 Å². The Balaban J connectivity index is 2.43. The average molecular weight is 229 g/mol. The van der Waals surface area contributed by atoms with Crippen LogP contribution in [0.2, 0.25) is 0 Å². The minimum Gasteiger partial charge on any atom is -0.381 e. The second kappa shape index (κ2) is 6.83. The molecule has 0 spiro atoms. The molecule has 1 aliphatic heterocycles. The van der Waals surface area contributed by atoms with Gasteiger partial charge in [-0.05, 0) is 19.8 Å². The van der Waals surface area contributed by atoms with Gasteiger partial charge in [-0.2, -0.15) is 0 Å². The number of hydrogen-bond acceptors (Lipinski definition) is 4. The third-order valence-corrected chi connectivity index (χ3v) is 3.12. The normalized spacial score (nSPS) is 26.7. The summed E-state index contributed by atoms with van der Waals surface area (Å²) in [4.78, 5) is 13.7. The van der Waals surface area contributed by atoms with E-state index in [1.807, 2.05) is 6.92 Å². The Hall–Kier alpha value is -0.650. The van der Waals surface area contributed by atoms with Crippen LogP contribution in [0, 0.1) is 0 Å². The van der Waals surface area contributed by atoms with Crippen LogP contribution in [0.5, 0.6) is 0 Å². The van der Waals surface area contributed by atoms with Gasteiger partial charge in [0.15, 0.2) is 0 Å². The molecule has 0 saturated carbocycles. The average Bonchev–Trinajstić information content (AvgIpc) is 2.30. The van der Waals surface area contributed by atoms with Crippen molar-refractivity contribution < 1.29 is 9.53 Å². The number of amides is 1. The smallest absolute Gasteiger partial charge is 0.234 e. The predicted molar refractivity (Wildman–Crippen MR) is 63.1 cm³/mol. The number of nitrogens with zero attached hydrogens (tertiary/aromatic N) is 1. The van der Waals surface area contributed by atoms with E-state index in [0.29, 0.717) is 25.7 Å². The fourth-order valence-electron chi connectivity index (χ4n) is 2.17. The Kier molecular flexibility index (Phi) is 5.73. The molecule has 0 bridgehead atoms. The van der Waals surface area contributed by atoms with Crippen LogP contribution < -0.4 is 11.1 Å². The third-order valence-electron chi connectivity index (χ3n) is 3.12. The zero-order valence-corrected chi connectivity index (χ0v) is 10.2. The van der Waals surface area contributed by atoms with Gasteiger partial charge in [0.1, 0.15) is 0 Å². The van der Waals surface area contributed by atoms with Crippen LogP contribution in [0.3, 0.4) is 0 Å². The van der Waals surface area contributed by atoms with E-state index in [9.17, 15) is 4.79 Å². The number of carbonyl (C=O) groups is 1. The van der Waals surface area contributed by atoms with Crippen molar-refractivity contribution in [2.45, 2.75) is 31.9 Å². The number of piperidine rings is 1. The largest absolute Gasteiger partial charge is 0.381 e. The van der Waals surface area contributed by atoms with Crippen molar-refractivity contribution in [2.24, 2.45) is 5.73 Å². The summed E-state index contributed by atoms with van der Waals surface area (Å²) >= 11 is 0. The highest BCUT2D eigenvalue weighted by Gasteiger charge is 2.28. The summed E-state index contributed by atoms with van der Waals surface area (Å²) in [6.07, 6.45) is 2.19. The zero-order chi connectivity index (χ0) is 12.0. The molecule has 1 saturated heterocycles. The van der Waals surface area contributed by atoms with Gasteiger partial charge in [-0.15, -0.1) is 0 Å². The molecule has 16 heavy (non-hydrogen) atoms. The van der Waals surface area contributed by atoms with Gasteiger partial charge in [-0.25, -0.2) is 0 Å².